The highest BCUT2D eigenvalue weighted by molar-refractivity contribution is 5.11. The Morgan fingerprint density at radius 3 is 2.69 bits per heavy atom. The van der Waals surface area contributed by atoms with Gasteiger partial charge in [0.25, 0.3) is 0 Å². The molecule has 0 aromatic heterocycles. The van der Waals surface area contributed by atoms with Crippen LogP contribution in [-0.4, -0.2) is 19.0 Å². The minimum absolute atomic E-state index is 0.109. The zero-order valence-corrected chi connectivity index (χ0v) is 8.51. The van der Waals surface area contributed by atoms with Gasteiger partial charge in [0.1, 0.15) is 6.79 Å². The van der Waals surface area contributed by atoms with Crippen LogP contribution in [0.2, 0.25) is 0 Å². The second-order valence-electron chi connectivity index (χ2n) is 5.52. The van der Waals surface area contributed by atoms with Crippen LogP contribution in [0, 0.1) is 17.3 Å². The maximum atomic E-state index is 5.84. The fourth-order valence-electron chi connectivity index (χ4n) is 3.75. The average molecular weight is 182 g/mol. The molecule has 3 unspecified atom stereocenters. The summed E-state index contributed by atoms with van der Waals surface area (Å²) >= 11 is 0. The molecule has 3 atom stereocenters. The van der Waals surface area contributed by atoms with Crippen molar-refractivity contribution in [1.29, 1.82) is 0 Å². The van der Waals surface area contributed by atoms with Crippen molar-refractivity contribution in [3.8, 4) is 0 Å². The van der Waals surface area contributed by atoms with E-state index in [2.05, 4.69) is 13.8 Å². The van der Waals surface area contributed by atoms with Gasteiger partial charge in [0, 0.05) is 0 Å². The van der Waals surface area contributed by atoms with Crippen LogP contribution in [0.5, 0.6) is 0 Å². The zero-order chi connectivity index (χ0) is 9.10. The smallest absolute Gasteiger partial charge is 0.147 e. The molecular formula is C11H18O2. The van der Waals surface area contributed by atoms with Crippen LogP contribution in [-0.2, 0) is 9.47 Å². The molecule has 1 saturated heterocycles. The van der Waals surface area contributed by atoms with Crippen LogP contribution in [0.25, 0.3) is 0 Å². The van der Waals surface area contributed by atoms with E-state index in [1.165, 1.54) is 19.3 Å². The van der Waals surface area contributed by atoms with E-state index in [0.717, 1.165) is 18.4 Å². The molecule has 3 saturated carbocycles. The molecule has 1 aliphatic heterocycles. The summed E-state index contributed by atoms with van der Waals surface area (Å²) in [6.45, 7) is 6.16. The first-order valence-corrected chi connectivity index (χ1v) is 5.37. The molecule has 2 nitrogen and oxygen atoms in total. The highest BCUT2D eigenvalue weighted by Crippen LogP contribution is 2.64. The Kier molecular flexibility index (Phi) is 1.45. The minimum Gasteiger partial charge on any atom is -0.352 e. The molecular weight excluding hydrogens is 164 g/mol. The number of fused-ring (bicyclic) bond motifs is 1. The lowest BCUT2D eigenvalue weighted by molar-refractivity contribution is -0.201. The molecule has 4 aliphatic rings. The van der Waals surface area contributed by atoms with E-state index in [-0.39, 0.29) is 5.60 Å². The lowest BCUT2D eigenvalue weighted by Gasteiger charge is -2.63. The Morgan fingerprint density at radius 2 is 2.15 bits per heavy atom. The Bertz CT molecular complexity index is 226. The first kappa shape index (κ1) is 8.25. The third-order valence-electron chi connectivity index (χ3n) is 4.80. The number of hydrogen-bond donors (Lipinski definition) is 0. The Labute approximate surface area is 79.6 Å². The SMILES string of the molecule is CC1(C)C2CCC3(COCO3)C1C2. The topological polar surface area (TPSA) is 18.5 Å². The van der Waals surface area contributed by atoms with Crippen LogP contribution in [0.1, 0.15) is 33.1 Å². The highest BCUT2D eigenvalue weighted by atomic mass is 16.7. The summed E-state index contributed by atoms with van der Waals surface area (Å²) in [5, 5.41) is 0. The largest absolute Gasteiger partial charge is 0.352 e. The minimum atomic E-state index is 0.109. The van der Waals surface area contributed by atoms with E-state index in [0.29, 0.717) is 12.2 Å². The Balaban J connectivity index is 1.90. The van der Waals surface area contributed by atoms with Gasteiger partial charge in [-0.2, -0.15) is 0 Å². The van der Waals surface area contributed by atoms with Crippen molar-refractivity contribution in [2.24, 2.45) is 17.3 Å². The molecule has 2 heteroatoms. The first-order chi connectivity index (χ1) is 6.15. The van der Waals surface area contributed by atoms with Gasteiger partial charge in [-0.15, -0.1) is 0 Å². The third-order valence-corrected chi connectivity index (χ3v) is 4.80. The van der Waals surface area contributed by atoms with Crippen LogP contribution < -0.4 is 0 Å². The van der Waals surface area contributed by atoms with Gasteiger partial charge in [0.2, 0.25) is 0 Å². The maximum Gasteiger partial charge on any atom is 0.147 e. The van der Waals surface area contributed by atoms with Crippen LogP contribution in [0.4, 0.5) is 0 Å². The summed E-state index contributed by atoms with van der Waals surface area (Å²) in [5.74, 6) is 1.70. The predicted molar refractivity (Wildman–Crippen MR) is 49.2 cm³/mol. The second kappa shape index (κ2) is 2.29. The van der Waals surface area contributed by atoms with Gasteiger partial charge < -0.3 is 9.47 Å². The van der Waals surface area contributed by atoms with E-state index in [4.69, 9.17) is 9.47 Å². The molecule has 0 aromatic carbocycles. The summed E-state index contributed by atoms with van der Waals surface area (Å²) in [4.78, 5) is 0. The third kappa shape index (κ3) is 0.861. The van der Waals surface area contributed by atoms with Crippen molar-refractivity contribution in [3.63, 3.8) is 0 Å². The predicted octanol–water partition coefficient (Wildman–Crippen LogP) is 2.19. The molecule has 0 N–H and O–H groups in total. The van der Waals surface area contributed by atoms with Gasteiger partial charge in [-0.05, 0) is 36.5 Å². The summed E-state index contributed by atoms with van der Waals surface area (Å²) in [6.07, 6.45) is 3.94. The lowest BCUT2D eigenvalue weighted by Crippen LogP contribution is -2.62. The quantitative estimate of drug-likeness (QED) is 0.571. The van der Waals surface area contributed by atoms with Crippen molar-refractivity contribution >= 4 is 0 Å². The summed E-state index contributed by atoms with van der Waals surface area (Å²) in [5.41, 5.74) is 0.615. The summed E-state index contributed by atoms with van der Waals surface area (Å²) in [7, 11) is 0. The maximum absolute atomic E-state index is 5.84. The molecule has 1 heterocycles. The zero-order valence-electron chi connectivity index (χ0n) is 8.51. The number of ether oxygens (including phenoxy) is 2. The second-order valence-corrected chi connectivity index (χ2v) is 5.52. The molecule has 1 spiro atoms. The lowest BCUT2D eigenvalue weighted by atomic mass is 9.44. The van der Waals surface area contributed by atoms with Gasteiger partial charge in [-0.3, -0.25) is 0 Å². The van der Waals surface area contributed by atoms with Crippen molar-refractivity contribution in [2.45, 2.75) is 38.7 Å². The van der Waals surface area contributed by atoms with E-state index in [1.54, 1.807) is 0 Å². The van der Waals surface area contributed by atoms with E-state index >= 15 is 0 Å². The molecule has 2 bridgehead atoms. The Morgan fingerprint density at radius 1 is 1.31 bits per heavy atom. The number of hydrogen-bond acceptors (Lipinski definition) is 2. The molecule has 4 fully saturated rings. The van der Waals surface area contributed by atoms with Crippen molar-refractivity contribution in [1.82, 2.24) is 0 Å². The van der Waals surface area contributed by atoms with Gasteiger partial charge in [0.15, 0.2) is 0 Å². The Hall–Kier alpha value is -0.0800. The molecule has 74 valence electrons. The van der Waals surface area contributed by atoms with Crippen molar-refractivity contribution < 1.29 is 9.47 Å². The number of rotatable bonds is 0. The fraction of sp³-hybridized carbons (Fsp3) is 1.00. The van der Waals surface area contributed by atoms with E-state index in [9.17, 15) is 0 Å². The van der Waals surface area contributed by atoms with Crippen molar-refractivity contribution in [2.75, 3.05) is 13.4 Å². The highest BCUT2D eigenvalue weighted by Gasteiger charge is 2.63. The van der Waals surface area contributed by atoms with Crippen LogP contribution in [0.3, 0.4) is 0 Å². The van der Waals surface area contributed by atoms with Gasteiger partial charge in [-0.1, -0.05) is 13.8 Å². The monoisotopic (exact) mass is 182 g/mol. The normalized spacial score (nSPS) is 52.2. The standard InChI is InChI=1S/C11H18O2/c1-10(2)8-3-4-11(9(10)5-8)6-12-7-13-11/h8-9H,3-7H2,1-2H3. The summed E-state index contributed by atoms with van der Waals surface area (Å²) in [6, 6.07) is 0. The van der Waals surface area contributed by atoms with Gasteiger partial charge in [0.05, 0.1) is 12.2 Å². The summed E-state index contributed by atoms with van der Waals surface area (Å²) < 4.78 is 11.2. The van der Waals surface area contributed by atoms with Crippen molar-refractivity contribution in [3.05, 3.63) is 0 Å². The molecule has 0 aromatic rings. The van der Waals surface area contributed by atoms with Crippen LogP contribution in [0.15, 0.2) is 0 Å². The molecule has 4 rings (SSSR count). The molecule has 13 heavy (non-hydrogen) atoms. The van der Waals surface area contributed by atoms with E-state index < -0.39 is 0 Å². The average Bonchev–Trinajstić information content (AvgIpc) is 2.53. The fourth-order valence-corrected chi connectivity index (χ4v) is 3.75. The molecule has 0 radical (unpaired) electrons. The van der Waals surface area contributed by atoms with Gasteiger partial charge in [-0.25, -0.2) is 0 Å². The van der Waals surface area contributed by atoms with Crippen LogP contribution >= 0.6 is 0 Å². The molecule has 0 amide bonds. The first-order valence-electron chi connectivity index (χ1n) is 5.37. The molecule has 3 aliphatic carbocycles. The van der Waals surface area contributed by atoms with E-state index in [1.807, 2.05) is 0 Å². The van der Waals surface area contributed by atoms with Gasteiger partial charge >= 0.3 is 0 Å².